The Morgan fingerprint density at radius 2 is 1.52 bits per heavy atom. The Bertz CT molecular complexity index is 1390. The molecular formula is C28H25N3O2. The van der Waals surface area contributed by atoms with Crippen LogP contribution in [0.15, 0.2) is 72.8 Å². The van der Waals surface area contributed by atoms with Crippen molar-refractivity contribution in [1.29, 1.82) is 0 Å². The van der Waals surface area contributed by atoms with Gasteiger partial charge >= 0.3 is 0 Å². The molecule has 1 saturated heterocycles. The molecule has 33 heavy (non-hydrogen) atoms. The first kappa shape index (κ1) is 19.8. The lowest BCUT2D eigenvalue weighted by Gasteiger charge is -2.47. The molecule has 2 atom stereocenters. The summed E-state index contributed by atoms with van der Waals surface area (Å²) >= 11 is 0. The normalized spacial score (nSPS) is 20.2. The second-order valence-corrected chi connectivity index (χ2v) is 9.16. The first-order valence-electron chi connectivity index (χ1n) is 11.4. The Balaban J connectivity index is 1.51. The van der Waals surface area contributed by atoms with Crippen LogP contribution in [0.25, 0.3) is 10.9 Å². The van der Waals surface area contributed by atoms with Crippen molar-refractivity contribution in [2.24, 2.45) is 0 Å². The van der Waals surface area contributed by atoms with Gasteiger partial charge in [0.25, 0.3) is 5.91 Å². The van der Waals surface area contributed by atoms with Gasteiger partial charge in [0.15, 0.2) is 0 Å². The molecule has 5 nitrogen and oxygen atoms in total. The molecule has 1 fully saturated rings. The molecule has 5 heteroatoms. The first-order chi connectivity index (χ1) is 16.0. The van der Waals surface area contributed by atoms with Gasteiger partial charge in [-0.25, -0.2) is 0 Å². The fraction of sp³-hybridized carbons (Fsp3) is 0.214. The molecule has 2 aliphatic heterocycles. The maximum absolute atomic E-state index is 13.8. The third-order valence-corrected chi connectivity index (χ3v) is 7.00. The largest absolute Gasteiger partial charge is 0.356 e. The van der Waals surface area contributed by atoms with Gasteiger partial charge in [0.1, 0.15) is 12.6 Å². The minimum Gasteiger partial charge on any atom is -0.356 e. The number of carbonyl (C=O) groups is 2. The number of amides is 2. The lowest BCUT2D eigenvalue weighted by Crippen LogP contribution is -2.63. The number of anilines is 1. The molecule has 0 aliphatic carbocycles. The molecule has 1 aromatic heterocycles. The molecule has 2 aliphatic rings. The molecule has 2 amide bonds. The van der Waals surface area contributed by atoms with Gasteiger partial charge in [0.2, 0.25) is 5.91 Å². The zero-order valence-corrected chi connectivity index (χ0v) is 18.7. The SMILES string of the molecule is Cc1ccc([C@@H]2c3[nH]c4ccccc4c3CC3C(=O)N(c4ccc(C)cc4)CC(=O)N32)cc1. The number of para-hydroxylation sites is 1. The lowest BCUT2D eigenvalue weighted by atomic mass is 9.86. The predicted octanol–water partition coefficient (Wildman–Crippen LogP) is 4.67. The number of hydrogen-bond donors (Lipinski definition) is 1. The monoisotopic (exact) mass is 435 g/mol. The summed E-state index contributed by atoms with van der Waals surface area (Å²) in [5.41, 5.74) is 7.25. The number of aryl methyl sites for hydroxylation is 2. The lowest BCUT2D eigenvalue weighted by molar-refractivity contribution is -0.145. The van der Waals surface area contributed by atoms with Crippen molar-refractivity contribution in [1.82, 2.24) is 9.88 Å². The van der Waals surface area contributed by atoms with Gasteiger partial charge in [-0.2, -0.15) is 0 Å². The van der Waals surface area contributed by atoms with Crippen LogP contribution in [0.2, 0.25) is 0 Å². The van der Waals surface area contributed by atoms with Crippen molar-refractivity contribution in [3.05, 3.63) is 101 Å². The van der Waals surface area contributed by atoms with Crippen molar-refractivity contribution in [3.8, 4) is 0 Å². The van der Waals surface area contributed by atoms with E-state index in [4.69, 9.17) is 0 Å². The number of benzene rings is 3. The van der Waals surface area contributed by atoms with Crippen LogP contribution in [-0.4, -0.2) is 34.3 Å². The predicted molar refractivity (Wildman–Crippen MR) is 129 cm³/mol. The van der Waals surface area contributed by atoms with E-state index in [2.05, 4.69) is 48.3 Å². The third kappa shape index (κ3) is 3.07. The Kier molecular flexibility index (Phi) is 4.40. The van der Waals surface area contributed by atoms with E-state index < -0.39 is 6.04 Å². The third-order valence-electron chi connectivity index (χ3n) is 7.00. The van der Waals surface area contributed by atoms with E-state index in [-0.39, 0.29) is 24.4 Å². The zero-order chi connectivity index (χ0) is 22.7. The van der Waals surface area contributed by atoms with Crippen LogP contribution in [0.5, 0.6) is 0 Å². The summed E-state index contributed by atoms with van der Waals surface area (Å²) in [7, 11) is 0. The zero-order valence-electron chi connectivity index (χ0n) is 18.7. The van der Waals surface area contributed by atoms with Crippen molar-refractivity contribution in [3.63, 3.8) is 0 Å². The van der Waals surface area contributed by atoms with E-state index in [0.29, 0.717) is 6.42 Å². The Morgan fingerprint density at radius 1 is 0.848 bits per heavy atom. The van der Waals surface area contributed by atoms with Crippen LogP contribution >= 0.6 is 0 Å². The maximum atomic E-state index is 13.8. The van der Waals surface area contributed by atoms with Crippen LogP contribution in [0.4, 0.5) is 5.69 Å². The molecule has 0 spiro atoms. The van der Waals surface area contributed by atoms with Gasteiger partial charge < -0.3 is 14.8 Å². The molecule has 1 N–H and O–H groups in total. The number of H-pyrrole nitrogens is 1. The van der Waals surface area contributed by atoms with E-state index in [1.165, 1.54) is 0 Å². The summed E-state index contributed by atoms with van der Waals surface area (Å²) in [6, 6.07) is 23.4. The highest BCUT2D eigenvalue weighted by Crippen LogP contribution is 2.43. The highest BCUT2D eigenvalue weighted by molar-refractivity contribution is 6.07. The second kappa shape index (κ2) is 7.34. The molecule has 164 valence electrons. The quantitative estimate of drug-likeness (QED) is 0.497. The number of nitrogens with zero attached hydrogens (tertiary/aromatic N) is 2. The average molecular weight is 436 g/mol. The van der Waals surface area contributed by atoms with Crippen molar-refractivity contribution >= 4 is 28.4 Å². The van der Waals surface area contributed by atoms with Crippen molar-refractivity contribution in [2.75, 3.05) is 11.4 Å². The molecule has 0 bridgehead atoms. The van der Waals surface area contributed by atoms with Crippen molar-refractivity contribution < 1.29 is 9.59 Å². The van der Waals surface area contributed by atoms with Crippen LogP contribution in [0, 0.1) is 13.8 Å². The van der Waals surface area contributed by atoms with Crippen LogP contribution in [-0.2, 0) is 16.0 Å². The standard InChI is InChI=1S/C28H25N3O2/c1-17-7-11-19(12-8-17)27-26-22(21-5-3-4-6-23(21)29-26)15-24-28(33)30(16-25(32)31(24)27)20-13-9-18(2)10-14-20/h3-14,24,27,29H,15-16H2,1-2H3/t24?,27-/m1/s1. The molecule has 3 heterocycles. The first-order valence-corrected chi connectivity index (χ1v) is 11.4. The number of hydrogen-bond acceptors (Lipinski definition) is 2. The molecule has 4 aromatic rings. The van der Waals surface area contributed by atoms with Crippen LogP contribution < -0.4 is 4.90 Å². The van der Waals surface area contributed by atoms with Gasteiger partial charge in [0, 0.05) is 28.7 Å². The van der Waals surface area contributed by atoms with Gasteiger partial charge in [-0.1, -0.05) is 65.7 Å². The highest BCUT2D eigenvalue weighted by Gasteiger charge is 2.48. The Labute approximate surface area is 192 Å². The molecule has 3 aromatic carbocycles. The Morgan fingerprint density at radius 3 is 2.24 bits per heavy atom. The molecule has 0 saturated carbocycles. The minimum absolute atomic E-state index is 0.0218. The van der Waals surface area contributed by atoms with Crippen molar-refractivity contribution in [2.45, 2.75) is 32.4 Å². The van der Waals surface area contributed by atoms with E-state index in [1.807, 2.05) is 48.2 Å². The van der Waals surface area contributed by atoms with E-state index in [0.717, 1.165) is 44.5 Å². The summed E-state index contributed by atoms with van der Waals surface area (Å²) in [6.45, 7) is 4.12. The minimum atomic E-state index is -0.537. The highest BCUT2D eigenvalue weighted by atomic mass is 16.2. The summed E-state index contributed by atoms with van der Waals surface area (Å²) in [6.07, 6.45) is 0.509. The van der Waals surface area contributed by atoms with Gasteiger partial charge in [-0.15, -0.1) is 0 Å². The number of fused-ring (bicyclic) bond motifs is 4. The van der Waals surface area contributed by atoms with Crippen LogP contribution in [0.1, 0.15) is 34.0 Å². The van der Waals surface area contributed by atoms with Crippen LogP contribution in [0.3, 0.4) is 0 Å². The van der Waals surface area contributed by atoms with Gasteiger partial charge in [0.05, 0.1) is 6.04 Å². The fourth-order valence-electron chi connectivity index (χ4n) is 5.30. The molecule has 1 unspecified atom stereocenters. The number of aromatic amines is 1. The Hall–Kier alpha value is -3.86. The van der Waals surface area contributed by atoms with E-state index in [9.17, 15) is 9.59 Å². The summed E-state index contributed by atoms with van der Waals surface area (Å²) in [4.78, 5) is 34.5. The number of rotatable bonds is 2. The molecule has 0 radical (unpaired) electrons. The van der Waals surface area contributed by atoms with E-state index in [1.54, 1.807) is 4.90 Å². The second-order valence-electron chi connectivity index (χ2n) is 9.16. The molecule has 6 rings (SSSR count). The molecular weight excluding hydrogens is 410 g/mol. The summed E-state index contributed by atoms with van der Waals surface area (Å²) in [5.74, 6) is -0.0541. The number of carbonyl (C=O) groups excluding carboxylic acids is 2. The average Bonchev–Trinajstić information content (AvgIpc) is 3.20. The van der Waals surface area contributed by atoms with Gasteiger partial charge in [-0.3, -0.25) is 9.59 Å². The van der Waals surface area contributed by atoms with Gasteiger partial charge in [-0.05, 0) is 43.2 Å². The number of aromatic nitrogens is 1. The smallest absolute Gasteiger partial charge is 0.250 e. The summed E-state index contributed by atoms with van der Waals surface area (Å²) < 4.78 is 0. The maximum Gasteiger partial charge on any atom is 0.250 e. The topological polar surface area (TPSA) is 56.4 Å². The fourth-order valence-corrected chi connectivity index (χ4v) is 5.30. The number of piperazine rings is 1. The summed E-state index contributed by atoms with van der Waals surface area (Å²) in [5, 5.41) is 1.12. The number of nitrogens with one attached hydrogen (secondary N) is 1. The van der Waals surface area contributed by atoms with E-state index >= 15 is 0 Å².